The van der Waals surface area contributed by atoms with E-state index in [1.54, 1.807) is 18.7 Å². The Hall–Kier alpha value is -0.530. The molecule has 0 aliphatic carbocycles. The van der Waals surface area contributed by atoms with Crippen LogP contribution in [0.15, 0.2) is 20.8 Å². The lowest BCUT2D eigenvalue weighted by molar-refractivity contribution is -0.117. The molecule has 16 heavy (non-hydrogen) atoms. The molecule has 1 aromatic heterocycles. The van der Waals surface area contributed by atoms with Crippen LogP contribution in [-0.2, 0) is 4.79 Å². The largest absolute Gasteiger partial charge is 0.369 e. The predicted molar refractivity (Wildman–Crippen MR) is 70.0 cm³/mol. The Morgan fingerprint density at radius 3 is 2.75 bits per heavy atom. The highest BCUT2D eigenvalue weighted by atomic mass is 32.2. The molecule has 4 nitrogen and oxygen atoms in total. The summed E-state index contributed by atoms with van der Waals surface area (Å²) in [5, 5.41) is 7.74. The third-order valence-corrected chi connectivity index (χ3v) is 5.00. The van der Waals surface area contributed by atoms with Gasteiger partial charge in [0.1, 0.15) is 0 Å². The summed E-state index contributed by atoms with van der Waals surface area (Å²) in [4.78, 5) is 10.9. The highest BCUT2D eigenvalue weighted by Gasteiger charge is 2.14. The van der Waals surface area contributed by atoms with Gasteiger partial charge in [0.25, 0.3) is 0 Å². The molecular formula is C9H13N3OS3. The SMILES string of the molecule is C=C(C)CSc1nnc(S[C@H](C)C(N)=O)s1. The fourth-order valence-corrected chi connectivity index (χ4v) is 3.65. The maximum absolute atomic E-state index is 10.9. The second-order valence-corrected chi connectivity index (χ2v) is 7.03. The summed E-state index contributed by atoms with van der Waals surface area (Å²) in [6.45, 7) is 7.55. The van der Waals surface area contributed by atoms with Crippen LogP contribution in [0.4, 0.5) is 0 Å². The summed E-state index contributed by atoms with van der Waals surface area (Å²) < 4.78 is 1.66. The van der Waals surface area contributed by atoms with Crippen LogP contribution >= 0.6 is 34.9 Å². The van der Waals surface area contributed by atoms with Crippen molar-refractivity contribution in [3.63, 3.8) is 0 Å². The highest BCUT2D eigenvalue weighted by Crippen LogP contribution is 2.31. The normalized spacial score (nSPS) is 12.4. The number of carbonyl (C=O) groups is 1. The summed E-state index contributed by atoms with van der Waals surface area (Å²) >= 11 is 4.42. The number of rotatable bonds is 6. The summed E-state index contributed by atoms with van der Waals surface area (Å²) in [5.74, 6) is 0.501. The minimum atomic E-state index is -0.337. The molecule has 1 amide bonds. The van der Waals surface area contributed by atoms with Gasteiger partial charge in [-0.3, -0.25) is 4.79 Å². The number of hydrogen-bond acceptors (Lipinski definition) is 6. The summed E-state index contributed by atoms with van der Waals surface area (Å²) in [6.07, 6.45) is 0. The van der Waals surface area contributed by atoms with Crippen molar-refractivity contribution in [3.05, 3.63) is 12.2 Å². The van der Waals surface area contributed by atoms with Crippen LogP contribution in [0.1, 0.15) is 13.8 Å². The van der Waals surface area contributed by atoms with Gasteiger partial charge < -0.3 is 5.73 Å². The molecule has 0 saturated carbocycles. The monoisotopic (exact) mass is 275 g/mol. The fraction of sp³-hybridized carbons (Fsp3) is 0.444. The summed E-state index contributed by atoms with van der Waals surface area (Å²) in [6, 6.07) is 0. The molecule has 1 atom stereocenters. The van der Waals surface area contributed by atoms with E-state index in [0.29, 0.717) is 0 Å². The van der Waals surface area contributed by atoms with Gasteiger partial charge in [-0.25, -0.2) is 0 Å². The number of nitrogens with two attached hydrogens (primary N) is 1. The zero-order valence-corrected chi connectivity index (χ0v) is 11.5. The van der Waals surface area contributed by atoms with E-state index < -0.39 is 0 Å². The zero-order valence-electron chi connectivity index (χ0n) is 9.10. The van der Waals surface area contributed by atoms with Gasteiger partial charge in [0.2, 0.25) is 5.91 Å². The first-order valence-corrected chi connectivity index (χ1v) is 7.24. The minimum Gasteiger partial charge on any atom is -0.369 e. The second kappa shape index (κ2) is 6.27. The van der Waals surface area contributed by atoms with Crippen molar-refractivity contribution in [1.82, 2.24) is 10.2 Å². The summed E-state index contributed by atoms with van der Waals surface area (Å²) in [5.41, 5.74) is 6.27. The third kappa shape index (κ3) is 4.54. The van der Waals surface area contributed by atoms with Crippen LogP contribution in [0.5, 0.6) is 0 Å². The molecule has 0 aliphatic heterocycles. The maximum atomic E-state index is 10.9. The number of hydrogen-bond donors (Lipinski definition) is 1. The first-order valence-electron chi connectivity index (χ1n) is 4.55. The van der Waals surface area contributed by atoms with E-state index in [0.717, 1.165) is 20.0 Å². The molecule has 0 saturated heterocycles. The van der Waals surface area contributed by atoms with Gasteiger partial charge in [0.15, 0.2) is 8.68 Å². The Morgan fingerprint density at radius 2 is 2.19 bits per heavy atom. The molecule has 1 aromatic rings. The molecule has 88 valence electrons. The van der Waals surface area contributed by atoms with Gasteiger partial charge in [-0.1, -0.05) is 47.0 Å². The Labute approximate surface area is 107 Å². The van der Waals surface area contributed by atoms with Crippen molar-refractivity contribution in [2.45, 2.75) is 27.8 Å². The molecule has 0 aliphatic rings. The molecule has 0 radical (unpaired) electrons. The zero-order chi connectivity index (χ0) is 12.1. The molecule has 1 heterocycles. The lowest BCUT2D eigenvalue weighted by Crippen LogP contribution is -2.22. The maximum Gasteiger partial charge on any atom is 0.230 e. The van der Waals surface area contributed by atoms with Crippen molar-refractivity contribution < 1.29 is 4.79 Å². The number of nitrogens with zero attached hydrogens (tertiary/aromatic N) is 2. The molecule has 0 spiro atoms. The third-order valence-electron chi connectivity index (χ3n) is 1.51. The van der Waals surface area contributed by atoms with Gasteiger partial charge in [0, 0.05) is 5.75 Å². The van der Waals surface area contributed by atoms with Crippen LogP contribution in [0.25, 0.3) is 0 Å². The van der Waals surface area contributed by atoms with Crippen LogP contribution < -0.4 is 5.73 Å². The van der Waals surface area contributed by atoms with Crippen molar-refractivity contribution in [1.29, 1.82) is 0 Å². The lowest BCUT2D eigenvalue weighted by Gasteiger charge is -2.01. The van der Waals surface area contributed by atoms with E-state index in [-0.39, 0.29) is 11.2 Å². The Bertz CT molecular complexity index is 391. The number of carbonyl (C=O) groups excluding carboxylic acids is 1. The van der Waals surface area contributed by atoms with E-state index in [2.05, 4.69) is 16.8 Å². The number of thioether (sulfide) groups is 2. The van der Waals surface area contributed by atoms with Gasteiger partial charge in [-0.15, -0.1) is 10.2 Å². The molecule has 0 bridgehead atoms. The fourth-order valence-electron chi connectivity index (χ4n) is 0.697. The highest BCUT2D eigenvalue weighted by molar-refractivity contribution is 8.04. The van der Waals surface area contributed by atoms with Crippen molar-refractivity contribution in [2.75, 3.05) is 5.75 Å². The first kappa shape index (κ1) is 13.5. The van der Waals surface area contributed by atoms with E-state index in [4.69, 9.17) is 5.73 Å². The lowest BCUT2D eigenvalue weighted by atomic mass is 10.4. The molecule has 2 N–H and O–H groups in total. The molecule has 7 heteroatoms. The number of amides is 1. The van der Waals surface area contributed by atoms with Crippen molar-refractivity contribution >= 4 is 40.8 Å². The number of primary amides is 1. The van der Waals surface area contributed by atoms with Gasteiger partial charge >= 0.3 is 0 Å². The van der Waals surface area contributed by atoms with Crippen LogP contribution in [0.3, 0.4) is 0 Å². The second-order valence-electron chi connectivity index (χ2n) is 3.24. The van der Waals surface area contributed by atoms with Crippen LogP contribution in [-0.4, -0.2) is 27.1 Å². The van der Waals surface area contributed by atoms with Gasteiger partial charge in [-0.05, 0) is 13.8 Å². The smallest absolute Gasteiger partial charge is 0.230 e. The van der Waals surface area contributed by atoms with Crippen molar-refractivity contribution in [3.8, 4) is 0 Å². The predicted octanol–water partition coefficient (Wildman–Crippen LogP) is 2.17. The Kier molecular flexibility index (Phi) is 5.30. The first-order chi connectivity index (χ1) is 7.49. The average Bonchev–Trinajstić information content (AvgIpc) is 2.62. The van der Waals surface area contributed by atoms with Crippen molar-refractivity contribution in [2.24, 2.45) is 5.73 Å². The molecular weight excluding hydrogens is 262 g/mol. The van der Waals surface area contributed by atoms with E-state index in [9.17, 15) is 4.79 Å². The molecule has 0 unspecified atom stereocenters. The number of aromatic nitrogens is 2. The molecule has 0 aromatic carbocycles. The van der Waals surface area contributed by atoms with E-state index in [1.807, 2.05) is 6.92 Å². The average molecular weight is 275 g/mol. The molecule has 0 fully saturated rings. The summed E-state index contributed by atoms with van der Waals surface area (Å²) in [7, 11) is 0. The minimum absolute atomic E-state index is 0.271. The molecule has 1 rings (SSSR count). The Morgan fingerprint density at radius 1 is 1.56 bits per heavy atom. The van der Waals surface area contributed by atoms with Gasteiger partial charge in [0.05, 0.1) is 5.25 Å². The van der Waals surface area contributed by atoms with Gasteiger partial charge in [-0.2, -0.15) is 0 Å². The van der Waals surface area contributed by atoms with Crippen LogP contribution in [0, 0.1) is 0 Å². The van der Waals surface area contributed by atoms with E-state index >= 15 is 0 Å². The Balaban J connectivity index is 2.51. The van der Waals surface area contributed by atoms with E-state index in [1.165, 1.54) is 23.1 Å². The standard InChI is InChI=1S/C9H13N3OS3/c1-5(2)4-14-8-11-12-9(16-8)15-6(3)7(10)13/h6H,1,4H2,2-3H3,(H2,10,13)/t6-/m1/s1. The quantitative estimate of drug-likeness (QED) is 0.636. The topological polar surface area (TPSA) is 68.9 Å². The van der Waals surface area contributed by atoms with Crippen LogP contribution in [0.2, 0.25) is 0 Å².